The van der Waals surface area contributed by atoms with Crippen LogP contribution in [-0.2, 0) is 16.1 Å². The van der Waals surface area contributed by atoms with Crippen LogP contribution in [0.2, 0.25) is 0 Å². The quantitative estimate of drug-likeness (QED) is 0.819. The van der Waals surface area contributed by atoms with Crippen LogP contribution in [0.4, 0.5) is 4.79 Å². The number of hydrogen-bond acceptors (Lipinski definition) is 4. The van der Waals surface area contributed by atoms with Crippen LogP contribution in [0.25, 0.3) is 0 Å². The van der Waals surface area contributed by atoms with E-state index in [1.54, 1.807) is 18.4 Å². The molecule has 6 nitrogen and oxygen atoms in total. The Morgan fingerprint density at radius 2 is 2.32 bits per heavy atom. The lowest BCUT2D eigenvalue weighted by atomic mass is 10.3. The lowest BCUT2D eigenvalue weighted by Gasteiger charge is -2.19. The molecule has 1 aromatic rings. The third kappa shape index (κ3) is 5.17. The Kier molecular flexibility index (Phi) is 6.26. The normalized spacial score (nSPS) is 11.9. The monoisotopic (exact) mass is 350 g/mol. The number of carbonyl (C=O) groups is 2. The van der Waals surface area contributed by atoms with Crippen molar-refractivity contribution in [3.8, 4) is 0 Å². The number of carboxylic acid groups (broad SMARTS) is 1. The third-order valence-corrected chi connectivity index (χ3v) is 3.94. The molecular formula is C11H15BrN2O4S. The Hall–Kier alpha value is -1.12. The summed E-state index contributed by atoms with van der Waals surface area (Å²) in [4.78, 5) is 23.9. The first-order valence-corrected chi connectivity index (χ1v) is 7.08. The first kappa shape index (κ1) is 15.9. The zero-order valence-electron chi connectivity index (χ0n) is 10.6. The summed E-state index contributed by atoms with van der Waals surface area (Å²) in [5, 5.41) is 13.2. The fourth-order valence-electron chi connectivity index (χ4n) is 1.36. The van der Waals surface area contributed by atoms with E-state index >= 15 is 0 Å². The zero-order chi connectivity index (χ0) is 14.4. The zero-order valence-corrected chi connectivity index (χ0v) is 13.0. The number of ether oxygens (including phenoxy) is 1. The summed E-state index contributed by atoms with van der Waals surface area (Å²) in [6, 6.07) is 1.59. The molecule has 0 aliphatic carbocycles. The van der Waals surface area contributed by atoms with Crippen molar-refractivity contribution in [1.29, 1.82) is 0 Å². The van der Waals surface area contributed by atoms with Crippen LogP contribution in [0.15, 0.2) is 15.2 Å². The molecule has 1 unspecified atom stereocenters. The van der Waals surface area contributed by atoms with Gasteiger partial charge in [-0.3, -0.25) is 0 Å². The maximum Gasteiger partial charge on any atom is 0.334 e. The van der Waals surface area contributed by atoms with Crippen molar-refractivity contribution in [1.82, 2.24) is 10.2 Å². The molecular weight excluding hydrogens is 336 g/mol. The molecule has 19 heavy (non-hydrogen) atoms. The number of hydrogen-bond donors (Lipinski definition) is 2. The van der Waals surface area contributed by atoms with Gasteiger partial charge in [-0.15, -0.1) is 11.3 Å². The number of carboxylic acids is 1. The molecule has 0 bridgehead atoms. The summed E-state index contributed by atoms with van der Waals surface area (Å²) in [7, 11) is 2.93. The second-order valence-corrected chi connectivity index (χ2v) is 6.15. The van der Waals surface area contributed by atoms with Gasteiger partial charge in [0.2, 0.25) is 0 Å². The SMILES string of the molecule is COC(CNC(=O)N(C)Cc1csc(Br)c1)C(=O)O. The molecule has 0 aliphatic heterocycles. The highest BCUT2D eigenvalue weighted by Crippen LogP contribution is 2.21. The number of methoxy groups -OCH3 is 1. The highest BCUT2D eigenvalue weighted by atomic mass is 79.9. The molecule has 2 N–H and O–H groups in total. The van der Waals surface area contributed by atoms with Gasteiger partial charge < -0.3 is 20.1 Å². The molecule has 0 fully saturated rings. The second-order valence-electron chi connectivity index (χ2n) is 3.86. The fraction of sp³-hybridized carbons (Fsp3) is 0.455. The van der Waals surface area contributed by atoms with Crippen LogP contribution in [0.3, 0.4) is 0 Å². The summed E-state index contributed by atoms with van der Waals surface area (Å²) in [6.45, 7) is 0.390. The van der Waals surface area contributed by atoms with Gasteiger partial charge in [-0.1, -0.05) is 0 Å². The Balaban J connectivity index is 2.42. The highest BCUT2D eigenvalue weighted by Gasteiger charge is 2.18. The minimum atomic E-state index is -1.10. The summed E-state index contributed by atoms with van der Waals surface area (Å²) >= 11 is 4.90. The number of aliphatic carboxylic acids is 1. The number of halogens is 1. The first-order valence-electron chi connectivity index (χ1n) is 5.41. The van der Waals surface area contributed by atoms with Crippen LogP contribution in [0.1, 0.15) is 5.56 Å². The molecule has 0 aliphatic rings. The van der Waals surface area contributed by atoms with Gasteiger partial charge in [-0.05, 0) is 32.9 Å². The van der Waals surface area contributed by atoms with Gasteiger partial charge >= 0.3 is 12.0 Å². The highest BCUT2D eigenvalue weighted by molar-refractivity contribution is 9.11. The van der Waals surface area contributed by atoms with Gasteiger partial charge in [0.1, 0.15) is 0 Å². The summed E-state index contributed by atoms with van der Waals surface area (Å²) in [5.74, 6) is -1.10. The van der Waals surface area contributed by atoms with E-state index < -0.39 is 12.1 Å². The Morgan fingerprint density at radius 3 is 2.79 bits per heavy atom. The average molecular weight is 351 g/mol. The molecule has 0 saturated heterocycles. The van der Waals surface area contributed by atoms with Gasteiger partial charge in [0.05, 0.1) is 10.3 Å². The standard InChI is InChI=1S/C11H15BrN2O4S/c1-14(5-7-3-9(12)19-6-7)11(17)13-4-8(18-2)10(15)16/h3,6,8H,4-5H2,1-2H3,(H,13,17)(H,15,16). The van der Waals surface area contributed by atoms with Crippen LogP contribution < -0.4 is 5.32 Å². The lowest BCUT2D eigenvalue weighted by Crippen LogP contribution is -2.43. The first-order chi connectivity index (χ1) is 8.93. The Bertz CT molecular complexity index is 452. The molecule has 1 atom stereocenters. The van der Waals surface area contributed by atoms with E-state index in [-0.39, 0.29) is 12.6 Å². The predicted octanol–water partition coefficient (Wildman–Crippen LogP) is 1.75. The number of urea groups is 1. The molecule has 0 saturated carbocycles. The Morgan fingerprint density at radius 1 is 1.63 bits per heavy atom. The fourth-order valence-corrected chi connectivity index (χ4v) is 2.56. The minimum Gasteiger partial charge on any atom is -0.479 e. The predicted molar refractivity (Wildman–Crippen MR) is 75.3 cm³/mol. The van der Waals surface area contributed by atoms with E-state index in [2.05, 4.69) is 21.2 Å². The molecule has 8 heteroatoms. The molecule has 106 valence electrons. The smallest absolute Gasteiger partial charge is 0.334 e. The largest absolute Gasteiger partial charge is 0.479 e. The number of thiophene rings is 1. The van der Waals surface area contributed by atoms with Gasteiger partial charge in [0.25, 0.3) is 0 Å². The number of nitrogens with one attached hydrogen (secondary N) is 1. The molecule has 1 heterocycles. The van der Waals surface area contributed by atoms with Gasteiger partial charge in [-0.25, -0.2) is 9.59 Å². The van der Waals surface area contributed by atoms with Crippen LogP contribution >= 0.6 is 27.3 Å². The van der Waals surface area contributed by atoms with Crippen molar-refractivity contribution in [2.24, 2.45) is 0 Å². The van der Waals surface area contributed by atoms with Crippen molar-refractivity contribution in [2.45, 2.75) is 12.6 Å². The summed E-state index contributed by atoms with van der Waals surface area (Å²) < 4.78 is 5.73. The average Bonchev–Trinajstić information content (AvgIpc) is 2.74. The van der Waals surface area contributed by atoms with Gasteiger partial charge in [-0.2, -0.15) is 0 Å². The lowest BCUT2D eigenvalue weighted by molar-refractivity contribution is -0.148. The Labute approximate surface area is 123 Å². The molecule has 2 amide bonds. The van der Waals surface area contributed by atoms with Crippen molar-refractivity contribution < 1.29 is 19.4 Å². The van der Waals surface area contributed by atoms with E-state index in [9.17, 15) is 9.59 Å². The van der Waals surface area contributed by atoms with E-state index in [0.717, 1.165) is 9.35 Å². The van der Waals surface area contributed by atoms with Crippen molar-refractivity contribution in [2.75, 3.05) is 20.7 Å². The molecule has 1 aromatic heterocycles. The van der Waals surface area contributed by atoms with Crippen molar-refractivity contribution in [3.05, 3.63) is 20.8 Å². The number of amides is 2. The maximum absolute atomic E-state index is 11.8. The number of rotatable bonds is 6. The molecule has 0 spiro atoms. The minimum absolute atomic E-state index is 0.0671. The number of carbonyl (C=O) groups excluding carboxylic acids is 1. The third-order valence-electron chi connectivity index (χ3n) is 2.39. The van der Waals surface area contributed by atoms with Crippen LogP contribution in [0.5, 0.6) is 0 Å². The topological polar surface area (TPSA) is 78.9 Å². The molecule has 0 aromatic carbocycles. The maximum atomic E-state index is 11.8. The van der Waals surface area contributed by atoms with E-state index in [0.29, 0.717) is 6.54 Å². The van der Waals surface area contributed by atoms with Crippen LogP contribution in [0, 0.1) is 0 Å². The number of nitrogens with zero attached hydrogens (tertiary/aromatic N) is 1. The van der Waals surface area contributed by atoms with E-state index in [1.165, 1.54) is 12.0 Å². The van der Waals surface area contributed by atoms with Gasteiger partial charge in [0, 0.05) is 20.7 Å². The van der Waals surface area contributed by atoms with Crippen molar-refractivity contribution in [3.63, 3.8) is 0 Å². The molecule has 0 radical (unpaired) electrons. The van der Waals surface area contributed by atoms with Crippen molar-refractivity contribution >= 4 is 39.3 Å². The van der Waals surface area contributed by atoms with Crippen LogP contribution in [-0.4, -0.2) is 48.8 Å². The summed E-state index contributed by atoms with van der Waals surface area (Å²) in [6.07, 6.45) is -1.03. The molecule has 1 rings (SSSR count). The van der Waals surface area contributed by atoms with E-state index in [4.69, 9.17) is 9.84 Å². The van der Waals surface area contributed by atoms with Gasteiger partial charge in [0.15, 0.2) is 6.10 Å². The van der Waals surface area contributed by atoms with E-state index in [1.807, 2.05) is 11.4 Å². The summed E-state index contributed by atoms with van der Waals surface area (Å²) in [5.41, 5.74) is 1.01. The second kappa shape index (κ2) is 7.46.